The number of fused-ring (bicyclic) bond motifs is 1. The first kappa shape index (κ1) is 26.5. The second-order valence-corrected chi connectivity index (χ2v) is 10.3. The highest BCUT2D eigenvalue weighted by molar-refractivity contribution is 6.09. The molecule has 1 aliphatic heterocycles. The zero-order chi connectivity index (χ0) is 26.6. The van der Waals surface area contributed by atoms with Crippen molar-refractivity contribution in [3.8, 4) is 5.75 Å². The maximum atomic E-state index is 13.0. The lowest BCUT2D eigenvalue weighted by Gasteiger charge is -2.29. The van der Waals surface area contributed by atoms with E-state index < -0.39 is 12.0 Å². The number of aromatic amines is 1. The standard InChI is InChI=1S/C28H36N4O5/c1-18(17-32-12-14-36-15-13-32)37-23-11-10-21(19-8-6-7-9-20(19)23)29-27(34)30-22-16-24(28(2,3)4)31-25(22)26(33)35-5/h6-11,16,18,31H,12-15,17H2,1-5H3,(H2,29,30,34). The molecular weight excluding hydrogens is 472 g/mol. The number of anilines is 2. The highest BCUT2D eigenvalue weighted by Gasteiger charge is 2.24. The average Bonchev–Trinajstić information content (AvgIpc) is 3.30. The van der Waals surface area contributed by atoms with E-state index in [9.17, 15) is 9.59 Å². The largest absolute Gasteiger partial charge is 0.489 e. The number of esters is 1. The van der Waals surface area contributed by atoms with Crippen molar-refractivity contribution in [2.75, 3.05) is 50.6 Å². The molecule has 3 N–H and O–H groups in total. The molecule has 9 heteroatoms. The van der Waals surface area contributed by atoms with Crippen LogP contribution in [0.25, 0.3) is 10.8 Å². The molecule has 0 aliphatic carbocycles. The fourth-order valence-corrected chi connectivity index (χ4v) is 4.38. The molecule has 2 amide bonds. The number of urea groups is 1. The van der Waals surface area contributed by atoms with Crippen LogP contribution in [0.3, 0.4) is 0 Å². The fourth-order valence-electron chi connectivity index (χ4n) is 4.38. The monoisotopic (exact) mass is 508 g/mol. The lowest BCUT2D eigenvalue weighted by molar-refractivity contribution is 0.0220. The van der Waals surface area contributed by atoms with Crippen LogP contribution in [0.15, 0.2) is 42.5 Å². The maximum Gasteiger partial charge on any atom is 0.356 e. The Labute approximate surface area is 217 Å². The molecular formula is C28H36N4O5. The van der Waals surface area contributed by atoms with E-state index in [-0.39, 0.29) is 17.2 Å². The molecule has 1 unspecified atom stereocenters. The second-order valence-electron chi connectivity index (χ2n) is 10.3. The Kier molecular flexibility index (Phi) is 8.04. The summed E-state index contributed by atoms with van der Waals surface area (Å²) in [5.41, 5.74) is 1.75. The predicted octanol–water partition coefficient (Wildman–Crippen LogP) is 5.00. The zero-order valence-electron chi connectivity index (χ0n) is 22.1. The highest BCUT2D eigenvalue weighted by Crippen LogP contribution is 2.33. The first-order chi connectivity index (χ1) is 17.7. The molecule has 1 aliphatic rings. The Balaban J connectivity index is 1.51. The topological polar surface area (TPSA) is 105 Å². The van der Waals surface area contributed by atoms with Crippen molar-refractivity contribution >= 4 is 34.1 Å². The van der Waals surface area contributed by atoms with Crippen molar-refractivity contribution in [2.45, 2.75) is 39.2 Å². The molecule has 1 atom stereocenters. The van der Waals surface area contributed by atoms with Gasteiger partial charge in [-0.25, -0.2) is 9.59 Å². The van der Waals surface area contributed by atoms with E-state index in [1.54, 1.807) is 6.07 Å². The van der Waals surface area contributed by atoms with E-state index in [0.29, 0.717) is 11.4 Å². The summed E-state index contributed by atoms with van der Waals surface area (Å²) >= 11 is 0. The average molecular weight is 509 g/mol. The number of aromatic nitrogens is 1. The van der Waals surface area contributed by atoms with Crippen LogP contribution in [0.1, 0.15) is 43.9 Å². The SMILES string of the molecule is COC(=O)c1[nH]c(C(C)(C)C)cc1NC(=O)Nc1ccc(OC(C)CN2CCOCC2)c2ccccc12. The van der Waals surface area contributed by atoms with E-state index in [1.165, 1.54) is 7.11 Å². The van der Waals surface area contributed by atoms with Gasteiger partial charge in [-0.3, -0.25) is 4.90 Å². The summed E-state index contributed by atoms with van der Waals surface area (Å²) in [6.07, 6.45) is -0.00837. The minimum absolute atomic E-state index is 0.00837. The quantitative estimate of drug-likeness (QED) is 0.388. The number of nitrogens with zero attached hydrogens (tertiary/aromatic N) is 1. The Bertz CT molecular complexity index is 1260. The van der Waals surface area contributed by atoms with Crippen LogP contribution < -0.4 is 15.4 Å². The molecule has 0 saturated carbocycles. The number of benzene rings is 2. The van der Waals surface area contributed by atoms with Gasteiger partial charge in [0, 0.05) is 41.5 Å². The number of hydrogen-bond donors (Lipinski definition) is 3. The summed E-state index contributed by atoms with van der Waals surface area (Å²) in [5.74, 6) is 0.208. The molecule has 1 fully saturated rings. The molecule has 37 heavy (non-hydrogen) atoms. The molecule has 2 aromatic carbocycles. The van der Waals surface area contributed by atoms with Gasteiger partial charge in [0.05, 0.1) is 31.7 Å². The Morgan fingerprint density at radius 1 is 1.05 bits per heavy atom. The molecule has 0 bridgehead atoms. The minimum atomic E-state index is -0.552. The van der Waals surface area contributed by atoms with Crippen LogP contribution in [-0.2, 0) is 14.9 Å². The number of morpholine rings is 1. The predicted molar refractivity (Wildman–Crippen MR) is 145 cm³/mol. The molecule has 9 nitrogen and oxygen atoms in total. The van der Waals surface area contributed by atoms with Crippen molar-refractivity contribution in [3.63, 3.8) is 0 Å². The van der Waals surface area contributed by atoms with Crippen molar-refractivity contribution in [1.82, 2.24) is 9.88 Å². The zero-order valence-corrected chi connectivity index (χ0v) is 22.1. The number of H-pyrrole nitrogens is 1. The molecule has 2 heterocycles. The summed E-state index contributed by atoms with van der Waals surface area (Å²) in [5, 5.41) is 7.47. The van der Waals surface area contributed by atoms with Crippen LogP contribution in [0.2, 0.25) is 0 Å². The van der Waals surface area contributed by atoms with Gasteiger partial charge in [-0.15, -0.1) is 0 Å². The smallest absolute Gasteiger partial charge is 0.356 e. The molecule has 198 valence electrons. The Morgan fingerprint density at radius 3 is 2.41 bits per heavy atom. The number of carbonyl (C=O) groups is 2. The number of amides is 2. The van der Waals surface area contributed by atoms with Gasteiger partial charge in [0.15, 0.2) is 0 Å². The Morgan fingerprint density at radius 2 is 1.73 bits per heavy atom. The van der Waals surface area contributed by atoms with Crippen molar-refractivity contribution in [3.05, 3.63) is 53.9 Å². The summed E-state index contributed by atoms with van der Waals surface area (Å²) in [6.45, 7) is 12.2. The molecule has 4 rings (SSSR count). The number of carbonyl (C=O) groups excluding carboxylic acids is 2. The summed E-state index contributed by atoms with van der Waals surface area (Å²) in [4.78, 5) is 30.7. The number of methoxy groups -OCH3 is 1. The van der Waals surface area contributed by atoms with Crippen LogP contribution in [0, 0.1) is 0 Å². The Hall–Kier alpha value is -3.56. The van der Waals surface area contributed by atoms with Crippen molar-refractivity contribution in [1.29, 1.82) is 0 Å². The van der Waals surface area contributed by atoms with Crippen molar-refractivity contribution < 1.29 is 23.8 Å². The van der Waals surface area contributed by atoms with Crippen LogP contribution in [-0.4, -0.2) is 67.9 Å². The molecule has 1 aromatic heterocycles. The van der Waals surface area contributed by atoms with Gasteiger partial charge in [-0.05, 0) is 25.1 Å². The van der Waals surface area contributed by atoms with E-state index in [1.807, 2.05) is 57.2 Å². The number of hydrogen-bond acceptors (Lipinski definition) is 6. The van der Waals surface area contributed by atoms with Crippen LogP contribution in [0.4, 0.5) is 16.2 Å². The normalized spacial score (nSPS) is 15.3. The first-order valence-electron chi connectivity index (χ1n) is 12.5. The van der Waals surface area contributed by atoms with E-state index in [4.69, 9.17) is 14.2 Å². The van der Waals surface area contributed by atoms with Gasteiger partial charge in [-0.2, -0.15) is 0 Å². The third-order valence-corrected chi connectivity index (χ3v) is 6.34. The number of ether oxygens (including phenoxy) is 3. The summed E-state index contributed by atoms with van der Waals surface area (Å²) < 4.78 is 16.6. The van der Waals surface area contributed by atoms with Gasteiger partial charge in [0.1, 0.15) is 17.5 Å². The van der Waals surface area contributed by atoms with E-state index in [0.717, 1.165) is 55.1 Å². The van der Waals surface area contributed by atoms with Gasteiger partial charge >= 0.3 is 12.0 Å². The summed E-state index contributed by atoms with van der Waals surface area (Å²) in [6, 6.07) is 12.8. The van der Waals surface area contributed by atoms with E-state index in [2.05, 4.69) is 27.4 Å². The second kappa shape index (κ2) is 11.2. The van der Waals surface area contributed by atoms with Gasteiger partial charge in [0.2, 0.25) is 0 Å². The number of rotatable bonds is 7. The highest BCUT2D eigenvalue weighted by atomic mass is 16.5. The third-order valence-electron chi connectivity index (χ3n) is 6.34. The van der Waals surface area contributed by atoms with Gasteiger partial charge in [-0.1, -0.05) is 45.0 Å². The minimum Gasteiger partial charge on any atom is -0.489 e. The van der Waals surface area contributed by atoms with Crippen LogP contribution in [0.5, 0.6) is 5.75 Å². The lowest BCUT2D eigenvalue weighted by Crippen LogP contribution is -2.41. The van der Waals surface area contributed by atoms with Crippen molar-refractivity contribution in [2.24, 2.45) is 0 Å². The fraction of sp³-hybridized carbons (Fsp3) is 0.429. The third kappa shape index (κ3) is 6.42. The molecule has 1 saturated heterocycles. The van der Waals surface area contributed by atoms with Crippen LogP contribution >= 0.6 is 0 Å². The molecule has 0 radical (unpaired) electrons. The van der Waals surface area contributed by atoms with Gasteiger partial charge in [0.25, 0.3) is 0 Å². The van der Waals surface area contributed by atoms with E-state index >= 15 is 0 Å². The first-order valence-corrected chi connectivity index (χ1v) is 12.5. The molecule has 0 spiro atoms. The summed E-state index contributed by atoms with van der Waals surface area (Å²) in [7, 11) is 1.31. The lowest BCUT2D eigenvalue weighted by atomic mass is 9.92. The maximum absolute atomic E-state index is 13.0. The number of nitrogens with one attached hydrogen (secondary N) is 3. The van der Waals surface area contributed by atoms with Gasteiger partial charge < -0.3 is 29.8 Å². The molecule has 3 aromatic rings.